The van der Waals surface area contributed by atoms with E-state index in [1.807, 2.05) is 91.0 Å². The van der Waals surface area contributed by atoms with E-state index >= 15 is 0 Å². The maximum atomic E-state index is 12.7. The van der Waals surface area contributed by atoms with E-state index in [9.17, 15) is 10.1 Å². The smallest absolute Gasteiger partial charge is 0.345 e. The van der Waals surface area contributed by atoms with Gasteiger partial charge < -0.3 is 13.9 Å². The number of hydrogen-bond acceptors (Lipinski definition) is 7. The summed E-state index contributed by atoms with van der Waals surface area (Å²) in [5.41, 5.74) is 3.97. The normalized spacial score (nSPS) is 11.3. The fourth-order valence-electron chi connectivity index (χ4n) is 4.42. The first-order chi connectivity index (χ1) is 21.1. The molecule has 4 aromatic carbocycles. The lowest BCUT2D eigenvalue weighted by Crippen LogP contribution is -2.03. The first-order valence-corrected chi connectivity index (χ1v) is 15.0. The Morgan fingerprint density at radius 3 is 2.28 bits per heavy atom. The van der Waals surface area contributed by atoms with Crippen LogP contribution in [-0.2, 0) is 13.2 Å². The Morgan fingerprint density at radius 1 is 0.884 bits per heavy atom. The van der Waals surface area contributed by atoms with E-state index < -0.39 is 5.63 Å². The minimum Gasteiger partial charge on any atom is -0.485 e. The molecule has 6 rings (SSSR count). The van der Waals surface area contributed by atoms with Crippen LogP contribution in [0.2, 0.25) is 0 Å². The largest absolute Gasteiger partial charge is 0.485 e. The summed E-state index contributed by atoms with van der Waals surface area (Å²) in [7, 11) is 0. The van der Waals surface area contributed by atoms with Gasteiger partial charge in [-0.05, 0) is 59.2 Å². The molecule has 2 aromatic heterocycles. The SMILES string of the molecule is N#C/C(=C/c1ccc(OCc2ccccc2)c(OCc2ccccc2)c1)c1nc(-c2cc3cc(Br)ccc3oc2=O)cs1. The van der Waals surface area contributed by atoms with Gasteiger partial charge in [0.1, 0.15) is 29.9 Å². The summed E-state index contributed by atoms with van der Waals surface area (Å²) in [6.45, 7) is 0.754. The number of ether oxygens (including phenoxy) is 2. The van der Waals surface area contributed by atoms with Crippen LogP contribution in [0.4, 0.5) is 0 Å². The lowest BCUT2D eigenvalue weighted by molar-refractivity contribution is 0.256. The lowest BCUT2D eigenvalue weighted by Gasteiger charge is -2.14. The predicted octanol–water partition coefficient (Wildman–Crippen LogP) is 8.90. The lowest BCUT2D eigenvalue weighted by atomic mass is 10.1. The molecule has 6 nitrogen and oxygen atoms in total. The summed E-state index contributed by atoms with van der Waals surface area (Å²) in [4.78, 5) is 17.3. The van der Waals surface area contributed by atoms with Crippen LogP contribution in [0.5, 0.6) is 11.5 Å². The number of fused-ring (bicyclic) bond motifs is 1. The van der Waals surface area contributed by atoms with E-state index in [1.54, 1.807) is 23.6 Å². The Bertz CT molecular complexity index is 2030. The summed E-state index contributed by atoms with van der Waals surface area (Å²) in [6.07, 6.45) is 1.75. The molecule has 6 aromatic rings. The molecule has 0 aliphatic heterocycles. The van der Waals surface area contributed by atoms with Crippen molar-refractivity contribution in [3.63, 3.8) is 0 Å². The van der Waals surface area contributed by atoms with Crippen molar-refractivity contribution in [3.05, 3.63) is 145 Å². The molecule has 0 bridgehead atoms. The van der Waals surface area contributed by atoms with Crippen LogP contribution < -0.4 is 15.1 Å². The zero-order valence-corrected chi connectivity index (χ0v) is 25.1. The monoisotopic (exact) mass is 646 g/mol. The third-order valence-corrected chi connectivity index (χ3v) is 7.95. The van der Waals surface area contributed by atoms with E-state index in [-0.39, 0.29) is 0 Å². The highest BCUT2D eigenvalue weighted by atomic mass is 79.9. The molecule has 0 saturated carbocycles. The van der Waals surface area contributed by atoms with Gasteiger partial charge in [0.2, 0.25) is 0 Å². The Morgan fingerprint density at radius 2 is 1.58 bits per heavy atom. The Balaban J connectivity index is 1.29. The third-order valence-electron chi connectivity index (χ3n) is 6.58. The summed E-state index contributed by atoms with van der Waals surface area (Å²) < 4.78 is 18.7. The minimum absolute atomic E-state index is 0.335. The summed E-state index contributed by atoms with van der Waals surface area (Å²) >= 11 is 4.74. The average molecular weight is 648 g/mol. The Kier molecular flexibility index (Phi) is 8.45. The van der Waals surface area contributed by atoms with Gasteiger partial charge in [0.15, 0.2) is 11.5 Å². The number of benzene rings is 4. The first-order valence-electron chi connectivity index (χ1n) is 13.3. The quantitative estimate of drug-likeness (QED) is 0.115. The molecule has 0 fully saturated rings. The topological polar surface area (TPSA) is 85.3 Å². The van der Waals surface area contributed by atoms with Crippen molar-refractivity contribution in [3.8, 4) is 28.8 Å². The van der Waals surface area contributed by atoms with Crippen molar-refractivity contribution in [1.82, 2.24) is 4.98 Å². The van der Waals surface area contributed by atoms with Gasteiger partial charge >= 0.3 is 5.63 Å². The zero-order valence-electron chi connectivity index (χ0n) is 22.7. The van der Waals surface area contributed by atoms with E-state index in [0.717, 1.165) is 26.5 Å². The number of nitriles is 1. The van der Waals surface area contributed by atoms with Gasteiger partial charge in [-0.3, -0.25) is 0 Å². The van der Waals surface area contributed by atoms with Crippen LogP contribution in [0.25, 0.3) is 33.9 Å². The molecule has 0 atom stereocenters. The van der Waals surface area contributed by atoms with Crippen LogP contribution >= 0.6 is 27.3 Å². The number of nitrogens with zero attached hydrogens (tertiary/aromatic N) is 2. The van der Waals surface area contributed by atoms with Crippen LogP contribution in [0.1, 0.15) is 21.7 Å². The Labute approximate surface area is 260 Å². The molecule has 43 heavy (non-hydrogen) atoms. The average Bonchev–Trinajstić information content (AvgIpc) is 3.53. The van der Waals surface area contributed by atoms with Gasteiger partial charge in [-0.2, -0.15) is 5.26 Å². The maximum Gasteiger partial charge on any atom is 0.345 e. The number of allylic oxidation sites excluding steroid dienone is 1. The van der Waals surface area contributed by atoms with E-state index in [0.29, 0.717) is 52.1 Å². The minimum atomic E-state index is -0.486. The van der Waals surface area contributed by atoms with Crippen LogP contribution in [0, 0.1) is 11.3 Å². The molecule has 0 unspecified atom stereocenters. The van der Waals surface area contributed by atoms with Crippen LogP contribution in [0.3, 0.4) is 0 Å². The second kappa shape index (κ2) is 12.9. The van der Waals surface area contributed by atoms with Gasteiger partial charge in [0.05, 0.1) is 16.8 Å². The molecular formula is C35H23BrN2O4S. The molecule has 0 aliphatic carbocycles. The zero-order chi connectivity index (χ0) is 29.6. The van der Waals surface area contributed by atoms with Crippen molar-refractivity contribution in [2.45, 2.75) is 13.2 Å². The third kappa shape index (κ3) is 6.75. The van der Waals surface area contributed by atoms with Gasteiger partial charge in [-0.15, -0.1) is 11.3 Å². The molecule has 0 N–H and O–H groups in total. The van der Waals surface area contributed by atoms with Gasteiger partial charge in [-0.1, -0.05) is 82.7 Å². The van der Waals surface area contributed by atoms with Crippen molar-refractivity contribution in [2.24, 2.45) is 0 Å². The van der Waals surface area contributed by atoms with E-state index in [1.165, 1.54) is 11.3 Å². The van der Waals surface area contributed by atoms with Crippen molar-refractivity contribution < 1.29 is 13.9 Å². The molecule has 8 heteroatoms. The molecule has 210 valence electrons. The standard InChI is InChI=1S/C35H23BrN2O4S/c36-28-12-14-31-26(17-28)18-29(35(39)42-31)30-22-43-34(38-30)27(19-37)15-25-11-13-32(40-20-23-7-3-1-4-8-23)33(16-25)41-21-24-9-5-2-6-10-24/h1-18,22H,20-21H2/b27-15-. The number of thiazole rings is 1. The van der Waals surface area contributed by atoms with E-state index in [2.05, 4.69) is 27.0 Å². The highest BCUT2D eigenvalue weighted by molar-refractivity contribution is 9.10. The fraction of sp³-hybridized carbons (Fsp3) is 0.0571. The van der Waals surface area contributed by atoms with Gasteiger partial charge in [0, 0.05) is 15.2 Å². The number of aromatic nitrogens is 1. The molecule has 0 aliphatic rings. The van der Waals surface area contributed by atoms with Crippen molar-refractivity contribution >= 4 is 49.9 Å². The highest BCUT2D eigenvalue weighted by Gasteiger charge is 2.15. The van der Waals surface area contributed by atoms with Gasteiger partial charge in [-0.25, -0.2) is 9.78 Å². The molecule has 0 spiro atoms. The highest BCUT2D eigenvalue weighted by Crippen LogP contribution is 2.33. The first kappa shape index (κ1) is 28.2. The molecule has 0 amide bonds. The van der Waals surface area contributed by atoms with E-state index in [4.69, 9.17) is 13.9 Å². The second-order valence-corrected chi connectivity index (χ2v) is 11.4. The molecule has 0 radical (unpaired) electrons. The summed E-state index contributed by atoms with van der Waals surface area (Å²) in [5, 5.41) is 13.1. The maximum absolute atomic E-state index is 12.7. The Hall–Kier alpha value is -4.97. The molecule has 0 saturated heterocycles. The van der Waals surface area contributed by atoms with Crippen LogP contribution in [0.15, 0.2) is 122 Å². The molecular weight excluding hydrogens is 624 g/mol. The number of halogens is 1. The number of hydrogen-bond donors (Lipinski definition) is 0. The summed E-state index contributed by atoms with van der Waals surface area (Å²) in [6, 6.07) is 34.8. The fourth-order valence-corrected chi connectivity index (χ4v) is 5.58. The second-order valence-electron chi connectivity index (χ2n) is 9.59. The van der Waals surface area contributed by atoms with Crippen molar-refractivity contribution in [2.75, 3.05) is 0 Å². The van der Waals surface area contributed by atoms with Gasteiger partial charge in [0.25, 0.3) is 0 Å². The number of rotatable bonds is 9. The van der Waals surface area contributed by atoms with Crippen molar-refractivity contribution in [1.29, 1.82) is 5.26 Å². The molecule has 2 heterocycles. The van der Waals surface area contributed by atoms with Crippen LogP contribution in [-0.4, -0.2) is 4.98 Å². The predicted molar refractivity (Wildman–Crippen MR) is 173 cm³/mol. The summed E-state index contributed by atoms with van der Waals surface area (Å²) in [5.74, 6) is 1.16.